The van der Waals surface area contributed by atoms with Crippen LogP contribution in [-0.2, 0) is 9.59 Å². The average molecular weight is 336 g/mol. The summed E-state index contributed by atoms with van der Waals surface area (Å²) in [5, 5.41) is 4.80. The number of anilines is 1. The van der Waals surface area contributed by atoms with E-state index in [1.54, 1.807) is 30.3 Å². The van der Waals surface area contributed by atoms with Crippen LogP contribution in [0.15, 0.2) is 42.5 Å². The lowest BCUT2D eigenvalue weighted by Crippen LogP contribution is -2.29. The molecule has 0 aliphatic rings. The van der Waals surface area contributed by atoms with Crippen LogP contribution in [0.2, 0.25) is 0 Å². The Labute approximate surface area is 136 Å². The highest BCUT2D eigenvalue weighted by Gasteiger charge is 2.19. The Balaban J connectivity index is 2.14. The van der Waals surface area contributed by atoms with Gasteiger partial charge in [0, 0.05) is 6.92 Å². The van der Waals surface area contributed by atoms with E-state index in [-0.39, 0.29) is 12.3 Å². The lowest BCUT2D eigenvalue weighted by molar-refractivity contribution is -0.120. The molecule has 4 nitrogen and oxygen atoms in total. The Bertz CT molecular complexity index is 751. The van der Waals surface area contributed by atoms with Crippen LogP contribution < -0.4 is 10.6 Å². The quantitative estimate of drug-likeness (QED) is 0.823. The SMILES string of the molecule is CC(=O)N[C@H](CC(=O)Nc1ccc(F)c(F)c1F)c1ccccc1. The summed E-state index contributed by atoms with van der Waals surface area (Å²) in [6.07, 6.45) is -0.192. The number of benzene rings is 2. The van der Waals surface area contributed by atoms with Crippen molar-refractivity contribution in [2.45, 2.75) is 19.4 Å². The molecule has 2 aromatic rings. The molecule has 2 rings (SSSR count). The van der Waals surface area contributed by atoms with Gasteiger partial charge in [-0.2, -0.15) is 0 Å². The van der Waals surface area contributed by atoms with Crippen molar-refractivity contribution in [1.82, 2.24) is 5.32 Å². The zero-order valence-electron chi connectivity index (χ0n) is 12.8. The lowest BCUT2D eigenvalue weighted by Gasteiger charge is -2.18. The van der Waals surface area contributed by atoms with E-state index < -0.39 is 35.1 Å². The maximum Gasteiger partial charge on any atom is 0.226 e. The first kappa shape index (κ1) is 17.5. The zero-order chi connectivity index (χ0) is 17.7. The van der Waals surface area contributed by atoms with Crippen molar-refractivity contribution in [2.75, 3.05) is 5.32 Å². The fourth-order valence-corrected chi connectivity index (χ4v) is 2.19. The third-order valence-electron chi connectivity index (χ3n) is 3.28. The summed E-state index contributed by atoms with van der Waals surface area (Å²) < 4.78 is 39.7. The fraction of sp³-hybridized carbons (Fsp3) is 0.176. The molecule has 0 unspecified atom stereocenters. The summed E-state index contributed by atoms with van der Waals surface area (Å²) in [5.74, 6) is -5.46. The summed E-state index contributed by atoms with van der Waals surface area (Å²) in [6, 6.07) is 9.76. The van der Waals surface area contributed by atoms with Gasteiger partial charge in [-0.25, -0.2) is 13.2 Å². The Morgan fingerprint density at radius 3 is 2.29 bits per heavy atom. The molecule has 126 valence electrons. The third kappa shape index (κ3) is 4.34. The molecule has 24 heavy (non-hydrogen) atoms. The van der Waals surface area contributed by atoms with Crippen LogP contribution in [0.25, 0.3) is 0 Å². The number of carbonyl (C=O) groups is 2. The minimum atomic E-state index is -1.66. The number of carbonyl (C=O) groups excluding carboxylic acids is 2. The van der Waals surface area contributed by atoms with Gasteiger partial charge in [0.2, 0.25) is 11.8 Å². The molecule has 0 saturated carbocycles. The maximum atomic E-state index is 13.6. The molecule has 0 aromatic heterocycles. The van der Waals surface area contributed by atoms with Gasteiger partial charge in [0.1, 0.15) is 0 Å². The Kier molecular flexibility index (Phi) is 5.57. The van der Waals surface area contributed by atoms with E-state index in [1.807, 2.05) is 0 Å². The molecule has 0 heterocycles. The Morgan fingerprint density at radius 1 is 1.00 bits per heavy atom. The Hall–Kier alpha value is -2.83. The minimum absolute atomic E-state index is 0.192. The lowest BCUT2D eigenvalue weighted by atomic mass is 10.0. The predicted octanol–water partition coefficient (Wildman–Crippen LogP) is 3.31. The first-order valence-corrected chi connectivity index (χ1v) is 7.14. The molecule has 0 aliphatic carbocycles. The summed E-state index contributed by atoms with van der Waals surface area (Å²) in [4.78, 5) is 23.4. The largest absolute Gasteiger partial charge is 0.349 e. The standard InChI is InChI=1S/C17H15F3N2O2/c1-10(23)21-14(11-5-3-2-4-6-11)9-15(24)22-13-8-7-12(18)16(19)17(13)20/h2-8,14H,9H2,1H3,(H,21,23)(H,22,24)/t14-/m1/s1. The van der Waals surface area contributed by atoms with Gasteiger partial charge >= 0.3 is 0 Å². The minimum Gasteiger partial charge on any atom is -0.349 e. The normalized spacial score (nSPS) is 11.7. The van der Waals surface area contributed by atoms with Crippen molar-refractivity contribution in [2.24, 2.45) is 0 Å². The topological polar surface area (TPSA) is 58.2 Å². The second kappa shape index (κ2) is 7.63. The molecule has 2 amide bonds. The van der Waals surface area contributed by atoms with E-state index >= 15 is 0 Å². The van der Waals surface area contributed by atoms with Crippen molar-refractivity contribution in [1.29, 1.82) is 0 Å². The molecule has 2 aromatic carbocycles. The molecule has 2 N–H and O–H groups in total. The molecule has 0 bridgehead atoms. The molecule has 1 atom stereocenters. The van der Waals surface area contributed by atoms with Gasteiger partial charge in [-0.05, 0) is 17.7 Å². The number of amides is 2. The van der Waals surface area contributed by atoms with Crippen LogP contribution in [0.1, 0.15) is 24.9 Å². The van der Waals surface area contributed by atoms with Gasteiger partial charge < -0.3 is 10.6 Å². The first-order valence-electron chi connectivity index (χ1n) is 7.14. The maximum absolute atomic E-state index is 13.6. The number of hydrogen-bond acceptors (Lipinski definition) is 2. The number of rotatable bonds is 5. The summed E-state index contributed by atoms with van der Waals surface area (Å²) in [7, 11) is 0. The number of hydrogen-bond donors (Lipinski definition) is 2. The van der Waals surface area contributed by atoms with E-state index in [0.29, 0.717) is 5.56 Å². The van der Waals surface area contributed by atoms with Crippen molar-refractivity contribution < 1.29 is 22.8 Å². The second-order valence-electron chi connectivity index (χ2n) is 5.14. The van der Waals surface area contributed by atoms with Gasteiger partial charge in [0.15, 0.2) is 17.5 Å². The second-order valence-corrected chi connectivity index (χ2v) is 5.14. The van der Waals surface area contributed by atoms with Crippen LogP contribution in [0, 0.1) is 17.5 Å². The molecule has 0 spiro atoms. The fourth-order valence-electron chi connectivity index (χ4n) is 2.19. The summed E-state index contributed by atoms with van der Waals surface area (Å²) in [6.45, 7) is 1.31. The summed E-state index contributed by atoms with van der Waals surface area (Å²) >= 11 is 0. The van der Waals surface area contributed by atoms with Crippen LogP contribution in [0.3, 0.4) is 0 Å². The number of halogens is 3. The molecule has 0 aliphatic heterocycles. The van der Waals surface area contributed by atoms with Gasteiger partial charge in [-0.3, -0.25) is 9.59 Å². The number of nitrogens with one attached hydrogen (secondary N) is 2. The van der Waals surface area contributed by atoms with Crippen LogP contribution in [0.4, 0.5) is 18.9 Å². The first-order chi connectivity index (χ1) is 11.4. The van der Waals surface area contributed by atoms with E-state index in [2.05, 4.69) is 10.6 Å². The highest BCUT2D eigenvalue weighted by Crippen LogP contribution is 2.22. The molecular weight excluding hydrogens is 321 g/mol. The highest BCUT2D eigenvalue weighted by molar-refractivity contribution is 5.91. The predicted molar refractivity (Wildman–Crippen MR) is 82.6 cm³/mol. The van der Waals surface area contributed by atoms with Gasteiger partial charge in [0.25, 0.3) is 0 Å². The van der Waals surface area contributed by atoms with Crippen LogP contribution >= 0.6 is 0 Å². The van der Waals surface area contributed by atoms with Gasteiger partial charge in [0.05, 0.1) is 18.2 Å². The van der Waals surface area contributed by atoms with E-state index in [1.165, 1.54) is 6.92 Å². The summed E-state index contributed by atoms with van der Waals surface area (Å²) in [5.41, 5.74) is 0.224. The zero-order valence-corrected chi connectivity index (χ0v) is 12.8. The molecular formula is C17H15F3N2O2. The third-order valence-corrected chi connectivity index (χ3v) is 3.28. The molecule has 0 fully saturated rings. The smallest absolute Gasteiger partial charge is 0.226 e. The van der Waals surface area contributed by atoms with Gasteiger partial charge in [-0.15, -0.1) is 0 Å². The average Bonchev–Trinajstić information content (AvgIpc) is 2.55. The van der Waals surface area contributed by atoms with Gasteiger partial charge in [-0.1, -0.05) is 30.3 Å². The van der Waals surface area contributed by atoms with Crippen LogP contribution in [0.5, 0.6) is 0 Å². The molecule has 7 heteroatoms. The van der Waals surface area contributed by atoms with Crippen molar-refractivity contribution in [3.8, 4) is 0 Å². The van der Waals surface area contributed by atoms with E-state index in [4.69, 9.17) is 0 Å². The van der Waals surface area contributed by atoms with Crippen molar-refractivity contribution >= 4 is 17.5 Å². The monoisotopic (exact) mass is 336 g/mol. The van der Waals surface area contributed by atoms with Crippen molar-refractivity contribution in [3.05, 3.63) is 65.5 Å². The van der Waals surface area contributed by atoms with E-state index in [0.717, 1.165) is 12.1 Å². The van der Waals surface area contributed by atoms with Crippen molar-refractivity contribution in [3.63, 3.8) is 0 Å². The Morgan fingerprint density at radius 2 is 1.67 bits per heavy atom. The van der Waals surface area contributed by atoms with E-state index in [9.17, 15) is 22.8 Å². The molecule has 0 saturated heterocycles. The van der Waals surface area contributed by atoms with Crippen LogP contribution in [-0.4, -0.2) is 11.8 Å². The highest BCUT2D eigenvalue weighted by atomic mass is 19.2. The molecule has 0 radical (unpaired) electrons.